The van der Waals surface area contributed by atoms with Crippen LogP contribution in [0.2, 0.25) is 5.02 Å². The minimum Gasteiger partial charge on any atom is -0.334 e. The Morgan fingerprint density at radius 2 is 2.00 bits per heavy atom. The quantitative estimate of drug-likeness (QED) is 0.878. The number of benzene rings is 2. The van der Waals surface area contributed by atoms with Gasteiger partial charge in [-0.25, -0.2) is 9.18 Å². The van der Waals surface area contributed by atoms with Crippen molar-refractivity contribution in [3.05, 3.63) is 64.4 Å². The molecule has 0 heterocycles. The summed E-state index contributed by atoms with van der Waals surface area (Å²) >= 11 is 5.84. The van der Waals surface area contributed by atoms with Crippen molar-refractivity contribution in [2.45, 2.75) is 13.5 Å². The van der Waals surface area contributed by atoms with E-state index in [2.05, 4.69) is 10.6 Å². The van der Waals surface area contributed by atoms with E-state index >= 15 is 0 Å². The van der Waals surface area contributed by atoms with Crippen LogP contribution in [0.1, 0.15) is 11.1 Å². The van der Waals surface area contributed by atoms with Crippen molar-refractivity contribution in [3.8, 4) is 0 Å². The third-order valence-corrected chi connectivity index (χ3v) is 3.07. The molecule has 0 aromatic heterocycles. The van der Waals surface area contributed by atoms with E-state index in [4.69, 9.17) is 11.6 Å². The van der Waals surface area contributed by atoms with Crippen LogP contribution < -0.4 is 10.6 Å². The predicted molar refractivity (Wildman–Crippen MR) is 78.4 cm³/mol. The maximum atomic E-state index is 13.4. The van der Waals surface area contributed by atoms with E-state index in [0.29, 0.717) is 16.3 Å². The molecule has 0 fully saturated rings. The highest BCUT2D eigenvalue weighted by Gasteiger charge is 2.06. The second-order valence-electron chi connectivity index (χ2n) is 4.36. The van der Waals surface area contributed by atoms with Crippen molar-refractivity contribution < 1.29 is 9.18 Å². The molecular weight excluding hydrogens is 279 g/mol. The summed E-state index contributed by atoms with van der Waals surface area (Å²) in [5.41, 5.74) is 1.97. The zero-order valence-electron chi connectivity index (χ0n) is 10.9. The van der Waals surface area contributed by atoms with Gasteiger partial charge in [0.2, 0.25) is 0 Å². The second kappa shape index (κ2) is 6.39. The molecule has 0 aliphatic carbocycles. The molecule has 2 rings (SSSR count). The zero-order valence-corrected chi connectivity index (χ0v) is 11.7. The Balaban J connectivity index is 1.94. The smallest absolute Gasteiger partial charge is 0.319 e. The van der Waals surface area contributed by atoms with Crippen LogP contribution in [0.25, 0.3) is 0 Å². The Morgan fingerprint density at radius 1 is 1.25 bits per heavy atom. The predicted octanol–water partition coefficient (Wildman–Crippen LogP) is 4.11. The van der Waals surface area contributed by atoms with E-state index < -0.39 is 6.03 Å². The number of nitrogens with one attached hydrogen (secondary N) is 2. The van der Waals surface area contributed by atoms with Crippen LogP contribution in [-0.2, 0) is 6.54 Å². The first-order valence-corrected chi connectivity index (χ1v) is 6.48. The van der Waals surface area contributed by atoms with Crippen LogP contribution in [0.3, 0.4) is 0 Å². The fraction of sp³-hybridized carbons (Fsp3) is 0.133. The highest BCUT2D eigenvalue weighted by molar-refractivity contribution is 6.30. The first kappa shape index (κ1) is 14.3. The van der Waals surface area contributed by atoms with Crippen molar-refractivity contribution in [3.63, 3.8) is 0 Å². The summed E-state index contributed by atoms with van der Waals surface area (Å²) < 4.78 is 13.4. The lowest BCUT2D eigenvalue weighted by molar-refractivity contribution is 0.251. The van der Waals surface area contributed by atoms with Crippen molar-refractivity contribution >= 4 is 23.3 Å². The Kier molecular flexibility index (Phi) is 4.58. The Morgan fingerprint density at radius 3 is 2.70 bits per heavy atom. The van der Waals surface area contributed by atoms with Gasteiger partial charge < -0.3 is 10.6 Å². The van der Waals surface area contributed by atoms with Gasteiger partial charge in [-0.15, -0.1) is 0 Å². The summed E-state index contributed by atoms with van der Waals surface area (Å²) in [6, 6.07) is 11.1. The molecule has 0 aliphatic rings. The van der Waals surface area contributed by atoms with Gasteiger partial charge in [-0.3, -0.25) is 0 Å². The number of rotatable bonds is 3. The molecular formula is C15H14ClFN2O. The number of aryl methyl sites for hydroxylation is 1. The zero-order chi connectivity index (χ0) is 14.5. The number of carbonyl (C=O) groups excluding carboxylic acids is 1. The second-order valence-corrected chi connectivity index (χ2v) is 4.79. The van der Waals surface area contributed by atoms with E-state index in [1.165, 1.54) is 6.07 Å². The van der Waals surface area contributed by atoms with Gasteiger partial charge in [0.25, 0.3) is 0 Å². The standard InChI is InChI=1S/C15H14ClFN2O/c1-10-8-12(16)6-7-14(10)19-15(20)18-9-11-4-2-3-5-13(11)17/h2-8H,9H2,1H3,(H2,18,19,20). The number of carbonyl (C=O) groups is 1. The summed E-state index contributed by atoms with van der Waals surface area (Å²) in [7, 11) is 0. The largest absolute Gasteiger partial charge is 0.334 e. The number of hydrogen-bond acceptors (Lipinski definition) is 1. The van der Waals surface area contributed by atoms with E-state index in [1.807, 2.05) is 6.92 Å². The van der Waals surface area contributed by atoms with Crippen LogP contribution in [0.4, 0.5) is 14.9 Å². The summed E-state index contributed by atoms with van der Waals surface area (Å²) in [6.45, 7) is 1.98. The fourth-order valence-corrected chi connectivity index (χ4v) is 1.98. The van der Waals surface area contributed by atoms with Crippen LogP contribution in [0.5, 0.6) is 0 Å². The van der Waals surface area contributed by atoms with E-state index in [0.717, 1.165) is 5.56 Å². The van der Waals surface area contributed by atoms with Crippen molar-refractivity contribution in [2.24, 2.45) is 0 Å². The molecule has 0 unspecified atom stereocenters. The highest BCUT2D eigenvalue weighted by Crippen LogP contribution is 2.19. The number of urea groups is 1. The average Bonchev–Trinajstić information content (AvgIpc) is 2.41. The van der Waals surface area contributed by atoms with Crippen molar-refractivity contribution in [1.82, 2.24) is 5.32 Å². The third-order valence-electron chi connectivity index (χ3n) is 2.83. The lowest BCUT2D eigenvalue weighted by atomic mass is 10.2. The molecule has 104 valence electrons. The summed E-state index contributed by atoms with van der Waals surface area (Å²) in [5, 5.41) is 5.91. The van der Waals surface area contributed by atoms with Gasteiger partial charge in [-0.2, -0.15) is 0 Å². The minimum absolute atomic E-state index is 0.130. The van der Waals surface area contributed by atoms with Gasteiger partial charge in [0.1, 0.15) is 5.82 Å². The molecule has 20 heavy (non-hydrogen) atoms. The monoisotopic (exact) mass is 292 g/mol. The number of halogens is 2. The van der Waals surface area contributed by atoms with Crippen molar-refractivity contribution in [2.75, 3.05) is 5.32 Å². The van der Waals surface area contributed by atoms with E-state index in [-0.39, 0.29) is 12.4 Å². The van der Waals surface area contributed by atoms with Crippen LogP contribution in [-0.4, -0.2) is 6.03 Å². The molecule has 0 spiro atoms. The normalized spacial score (nSPS) is 10.2. The first-order chi connectivity index (χ1) is 9.56. The van der Waals surface area contributed by atoms with Crippen LogP contribution in [0.15, 0.2) is 42.5 Å². The summed E-state index contributed by atoms with van der Waals surface area (Å²) in [4.78, 5) is 11.8. The topological polar surface area (TPSA) is 41.1 Å². The van der Waals surface area contributed by atoms with Crippen molar-refractivity contribution in [1.29, 1.82) is 0 Å². The van der Waals surface area contributed by atoms with Gasteiger partial charge in [0.15, 0.2) is 0 Å². The van der Waals surface area contributed by atoms with E-state index in [1.54, 1.807) is 36.4 Å². The highest BCUT2D eigenvalue weighted by atomic mass is 35.5. The minimum atomic E-state index is -0.390. The Hall–Kier alpha value is -2.07. The Bertz CT molecular complexity index is 631. The van der Waals surface area contributed by atoms with Gasteiger partial charge in [-0.05, 0) is 36.8 Å². The molecule has 2 aromatic rings. The third kappa shape index (κ3) is 3.71. The number of anilines is 1. The lowest BCUT2D eigenvalue weighted by Gasteiger charge is -2.10. The molecule has 2 amide bonds. The molecule has 0 radical (unpaired) electrons. The fourth-order valence-electron chi connectivity index (χ4n) is 1.75. The molecule has 0 saturated heterocycles. The van der Waals surface area contributed by atoms with E-state index in [9.17, 15) is 9.18 Å². The maximum Gasteiger partial charge on any atom is 0.319 e. The molecule has 0 aliphatic heterocycles. The maximum absolute atomic E-state index is 13.4. The molecule has 2 aromatic carbocycles. The number of amides is 2. The lowest BCUT2D eigenvalue weighted by Crippen LogP contribution is -2.28. The molecule has 3 nitrogen and oxygen atoms in total. The van der Waals surface area contributed by atoms with Crippen LogP contribution in [0, 0.1) is 12.7 Å². The first-order valence-electron chi connectivity index (χ1n) is 6.10. The van der Waals surface area contributed by atoms with Crippen LogP contribution >= 0.6 is 11.6 Å². The SMILES string of the molecule is Cc1cc(Cl)ccc1NC(=O)NCc1ccccc1F. The van der Waals surface area contributed by atoms with Gasteiger partial charge in [-0.1, -0.05) is 29.8 Å². The summed E-state index contributed by atoms with van der Waals surface area (Å²) in [6.07, 6.45) is 0. The molecule has 0 saturated carbocycles. The molecule has 5 heteroatoms. The summed E-state index contributed by atoms with van der Waals surface area (Å²) in [5.74, 6) is -0.338. The molecule has 0 bridgehead atoms. The number of hydrogen-bond donors (Lipinski definition) is 2. The van der Waals surface area contributed by atoms with Gasteiger partial charge >= 0.3 is 6.03 Å². The molecule has 0 atom stereocenters. The molecule has 2 N–H and O–H groups in total. The average molecular weight is 293 g/mol. The van der Waals surface area contributed by atoms with Gasteiger partial charge in [0.05, 0.1) is 0 Å². The Labute approximate surface area is 121 Å². The van der Waals surface area contributed by atoms with Gasteiger partial charge in [0, 0.05) is 22.8 Å².